The third-order valence-corrected chi connectivity index (χ3v) is 9.84. The van der Waals surface area contributed by atoms with E-state index < -0.39 is 23.5 Å². The largest absolute Gasteiger partial charge is 0.371 e. The van der Waals surface area contributed by atoms with Crippen molar-refractivity contribution in [3.8, 4) is 0 Å². The molecule has 0 bridgehead atoms. The van der Waals surface area contributed by atoms with Crippen LogP contribution in [0.15, 0.2) is 48.6 Å². The van der Waals surface area contributed by atoms with Gasteiger partial charge in [0.25, 0.3) is 0 Å². The maximum Gasteiger partial charge on any atom is 0.132 e. The van der Waals surface area contributed by atoms with Crippen LogP contribution in [0.1, 0.15) is 82.0 Å². The number of rotatable bonds is 9. The number of halogens is 3. The summed E-state index contributed by atoms with van der Waals surface area (Å²) in [4.78, 5) is 5.61. The number of hydrogen-bond donors (Lipinski definition) is 1. The second-order valence-corrected chi connectivity index (χ2v) is 13.2. The van der Waals surface area contributed by atoms with Crippen molar-refractivity contribution in [2.45, 2.75) is 77.5 Å². The highest BCUT2D eigenvalue weighted by molar-refractivity contribution is 7.17. The summed E-state index contributed by atoms with van der Waals surface area (Å²) in [6.07, 6.45) is 6.49. The maximum atomic E-state index is 15.7. The first-order valence-corrected chi connectivity index (χ1v) is 15.1. The van der Waals surface area contributed by atoms with Crippen molar-refractivity contribution in [3.05, 3.63) is 77.0 Å². The first kappa shape index (κ1) is 28.3. The Morgan fingerprint density at radius 2 is 1.74 bits per heavy atom. The summed E-state index contributed by atoms with van der Waals surface area (Å²) < 4.78 is 44.8. The number of hydrogen-bond acceptors (Lipinski definition) is 1. The second-order valence-electron chi connectivity index (χ2n) is 12.4. The Morgan fingerprint density at radius 3 is 2.36 bits per heavy atom. The smallest absolute Gasteiger partial charge is 0.132 e. The Hall–Kier alpha value is -2.26. The molecule has 2 nitrogen and oxygen atoms in total. The Bertz CT molecular complexity index is 1310. The monoisotopic (exact) mass is 554 g/mol. The van der Waals surface area contributed by atoms with Gasteiger partial charge in [0.2, 0.25) is 0 Å². The van der Waals surface area contributed by atoms with Crippen molar-refractivity contribution in [3.63, 3.8) is 0 Å². The van der Waals surface area contributed by atoms with Gasteiger partial charge in [0.1, 0.15) is 17.5 Å². The Morgan fingerprint density at radius 1 is 1.10 bits per heavy atom. The molecule has 1 saturated carbocycles. The van der Waals surface area contributed by atoms with Crippen molar-refractivity contribution in [1.29, 1.82) is 0 Å². The SMILES string of the molecule is C=C(C)C1CC2(CCN(c3cc(F)c(C(C)c4[nH]c5ccccc5c4C[C@@H](C)CCC(F)P)c(F)c3)CC2)C1. The quantitative estimate of drug-likeness (QED) is 0.206. The lowest BCUT2D eigenvalue weighted by atomic mass is 9.56. The van der Waals surface area contributed by atoms with Crippen LogP contribution >= 0.6 is 9.24 Å². The van der Waals surface area contributed by atoms with Gasteiger partial charge in [-0.05, 0) is 92.9 Å². The minimum absolute atomic E-state index is 0.102. The number of anilines is 1. The summed E-state index contributed by atoms with van der Waals surface area (Å²) in [6.45, 7) is 11.9. The van der Waals surface area contributed by atoms with Gasteiger partial charge in [0.05, 0.1) is 0 Å². The van der Waals surface area contributed by atoms with Crippen molar-refractivity contribution >= 4 is 25.8 Å². The third-order valence-electron chi connectivity index (χ3n) is 9.51. The predicted octanol–water partition coefficient (Wildman–Crippen LogP) is 9.30. The zero-order chi connectivity index (χ0) is 27.9. The molecule has 1 aromatic heterocycles. The minimum Gasteiger partial charge on any atom is -0.371 e. The van der Waals surface area contributed by atoms with E-state index in [1.165, 1.54) is 30.5 Å². The fourth-order valence-corrected chi connectivity index (χ4v) is 7.19. The van der Waals surface area contributed by atoms with Gasteiger partial charge in [-0.1, -0.05) is 44.2 Å². The molecule has 4 atom stereocenters. The number of aromatic amines is 1. The van der Waals surface area contributed by atoms with E-state index in [1.54, 1.807) is 0 Å². The first-order chi connectivity index (χ1) is 18.6. The lowest BCUT2D eigenvalue weighted by molar-refractivity contribution is 0.0472. The molecule has 5 rings (SSSR count). The summed E-state index contributed by atoms with van der Waals surface area (Å²) >= 11 is 0. The van der Waals surface area contributed by atoms with Gasteiger partial charge < -0.3 is 9.88 Å². The lowest BCUT2D eigenvalue weighted by Crippen LogP contribution is -2.47. The van der Waals surface area contributed by atoms with Gasteiger partial charge in [-0.2, -0.15) is 0 Å². The van der Waals surface area contributed by atoms with E-state index in [2.05, 4.69) is 45.6 Å². The molecule has 1 aliphatic carbocycles. The zero-order valence-electron chi connectivity index (χ0n) is 23.5. The van der Waals surface area contributed by atoms with Crippen LogP contribution in [-0.4, -0.2) is 24.0 Å². The third kappa shape index (κ3) is 5.80. The summed E-state index contributed by atoms with van der Waals surface area (Å²) in [5.74, 6) is -1.51. The molecular weight excluding hydrogens is 512 g/mol. The maximum absolute atomic E-state index is 15.7. The standard InChI is InChI=1S/C33H42F3N2P/c1-20(2)23-18-33(19-23)11-13-38(14-12-33)24-16-27(34)31(28(35)17-24)22(4)32-26(15-21(3)9-10-30(36)39)25-7-5-6-8-29(25)37-32/h5-8,16-17,21-23,30,37H,1,9-15,18-19,39H2,2-4H3/t21-,22?,30?/m0/s1. The number of fused-ring (bicyclic) bond motifs is 1. The number of benzene rings is 2. The van der Waals surface area contributed by atoms with Crippen LogP contribution in [-0.2, 0) is 6.42 Å². The molecule has 0 radical (unpaired) electrons. The van der Waals surface area contributed by atoms with Crippen molar-refractivity contribution in [1.82, 2.24) is 4.98 Å². The molecule has 210 valence electrons. The van der Waals surface area contributed by atoms with E-state index in [0.717, 1.165) is 60.9 Å². The Kier molecular flexibility index (Phi) is 8.20. The summed E-state index contributed by atoms with van der Waals surface area (Å²) in [7, 11) is 2.22. The number of nitrogens with zero attached hydrogens (tertiary/aromatic N) is 1. The van der Waals surface area contributed by atoms with Crippen molar-refractivity contribution in [2.75, 3.05) is 18.0 Å². The van der Waals surface area contributed by atoms with E-state index in [0.29, 0.717) is 23.4 Å². The average Bonchev–Trinajstić information content (AvgIpc) is 3.23. The van der Waals surface area contributed by atoms with Gasteiger partial charge in [-0.3, -0.25) is 0 Å². The van der Waals surface area contributed by atoms with Gasteiger partial charge in [-0.25, -0.2) is 13.2 Å². The number of alkyl halides is 1. The normalized spacial score (nSPS) is 19.7. The molecule has 3 unspecified atom stereocenters. The molecule has 0 amide bonds. The predicted molar refractivity (Wildman–Crippen MR) is 160 cm³/mol. The van der Waals surface area contributed by atoms with Gasteiger partial charge >= 0.3 is 0 Å². The molecule has 1 aliphatic heterocycles. The Balaban J connectivity index is 1.37. The van der Waals surface area contributed by atoms with Gasteiger partial charge in [0, 0.05) is 46.9 Å². The number of piperidine rings is 1. The average molecular weight is 555 g/mol. The zero-order valence-corrected chi connectivity index (χ0v) is 24.7. The van der Waals surface area contributed by atoms with Crippen LogP contribution in [0.3, 0.4) is 0 Å². The fraction of sp³-hybridized carbons (Fsp3) is 0.515. The van der Waals surface area contributed by atoms with Crippen molar-refractivity contribution < 1.29 is 13.2 Å². The molecule has 3 aromatic rings. The van der Waals surface area contributed by atoms with Crippen LogP contribution in [0, 0.1) is 28.9 Å². The number of H-pyrrole nitrogens is 1. The molecule has 2 aromatic carbocycles. The molecule has 1 saturated heterocycles. The van der Waals surface area contributed by atoms with E-state index in [9.17, 15) is 4.39 Å². The number of para-hydroxylation sites is 1. The molecule has 2 heterocycles. The van der Waals surface area contributed by atoms with E-state index in [4.69, 9.17) is 0 Å². The highest BCUT2D eigenvalue weighted by atomic mass is 31.0. The summed E-state index contributed by atoms with van der Waals surface area (Å²) in [6, 6.07) is 11.0. The number of nitrogens with one attached hydrogen (secondary N) is 1. The minimum atomic E-state index is -0.914. The van der Waals surface area contributed by atoms with E-state index in [1.807, 2.05) is 25.1 Å². The molecule has 1 spiro atoms. The van der Waals surface area contributed by atoms with Crippen LogP contribution in [0.4, 0.5) is 18.9 Å². The van der Waals surface area contributed by atoms with Crippen LogP contribution in [0.5, 0.6) is 0 Å². The summed E-state index contributed by atoms with van der Waals surface area (Å²) in [5, 5.41) is 1.07. The fourth-order valence-electron chi connectivity index (χ4n) is 7.00. The van der Waals surface area contributed by atoms with Crippen LogP contribution < -0.4 is 4.90 Å². The molecule has 2 aliphatic rings. The Labute approximate surface area is 233 Å². The topological polar surface area (TPSA) is 19.0 Å². The van der Waals surface area contributed by atoms with Crippen LogP contribution in [0.2, 0.25) is 0 Å². The molecular formula is C33H42F3N2P. The second kappa shape index (κ2) is 11.3. The van der Waals surface area contributed by atoms with E-state index in [-0.39, 0.29) is 11.5 Å². The highest BCUT2D eigenvalue weighted by Gasteiger charge is 2.45. The van der Waals surface area contributed by atoms with E-state index >= 15 is 8.78 Å². The highest BCUT2D eigenvalue weighted by Crippen LogP contribution is 2.55. The molecule has 39 heavy (non-hydrogen) atoms. The van der Waals surface area contributed by atoms with Gasteiger partial charge in [-0.15, -0.1) is 9.24 Å². The van der Waals surface area contributed by atoms with Crippen LogP contribution in [0.25, 0.3) is 10.9 Å². The number of allylic oxidation sites excluding steroid dienone is 1. The molecule has 2 fully saturated rings. The first-order valence-electron chi connectivity index (χ1n) is 14.5. The van der Waals surface area contributed by atoms with Gasteiger partial charge in [0.15, 0.2) is 0 Å². The van der Waals surface area contributed by atoms with Crippen molar-refractivity contribution in [2.24, 2.45) is 17.3 Å². The number of aromatic nitrogens is 1. The summed E-state index contributed by atoms with van der Waals surface area (Å²) in [5.41, 5.74) is 5.27. The molecule has 6 heteroatoms. The molecule has 1 N–H and O–H groups in total. The lowest BCUT2D eigenvalue weighted by Gasteiger charge is -2.53.